The second-order valence-corrected chi connectivity index (χ2v) is 9.09. The molecular weight excluding hydrogens is 540 g/mol. The number of carboxylic acid groups (broad SMARTS) is 1. The summed E-state index contributed by atoms with van der Waals surface area (Å²) in [6.45, 7) is 2.08. The molecule has 212 valence electrons. The first kappa shape index (κ1) is 28.4. The fourth-order valence-corrected chi connectivity index (χ4v) is 4.24. The second-order valence-electron chi connectivity index (χ2n) is 9.09. The Kier molecular flexibility index (Phi) is 7.54. The normalized spacial score (nSPS) is 19.5. The van der Waals surface area contributed by atoms with E-state index in [0.717, 1.165) is 25.1 Å². The molecule has 0 spiro atoms. The van der Waals surface area contributed by atoms with E-state index in [0.29, 0.717) is 0 Å². The van der Waals surface area contributed by atoms with Gasteiger partial charge in [-0.1, -0.05) is 0 Å². The van der Waals surface area contributed by atoms with Crippen molar-refractivity contribution in [2.45, 2.75) is 19.4 Å². The van der Waals surface area contributed by atoms with Crippen molar-refractivity contribution < 1.29 is 53.8 Å². The van der Waals surface area contributed by atoms with Gasteiger partial charge in [0.1, 0.15) is 46.6 Å². The number of aliphatic carboxylic acids is 1. The highest BCUT2D eigenvalue weighted by molar-refractivity contribution is 6.57. The van der Waals surface area contributed by atoms with Gasteiger partial charge in [-0.3, -0.25) is 15.0 Å². The molecule has 2 aromatic carbocycles. The highest BCUT2D eigenvalue weighted by Gasteiger charge is 2.54. The number of nitrogens with zero attached hydrogens (tertiary/aromatic N) is 1. The van der Waals surface area contributed by atoms with Crippen LogP contribution < -0.4 is 10.2 Å². The molecule has 1 aliphatic heterocycles. The summed E-state index contributed by atoms with van der Waals surface area (Å²) in [5.74, 6) is -5.26. The van der Waals surface area contributed by atoms with E-state index in [1.807, 2.05) is 0 Å². The molecule has 0 amide bonds. The summed E-state index contributed by atoms with van der Waals surface area (Å²) in [7, 11) is 1.34. The molecule has 0 bridgehead atoms. The van der Waals surface area contributed by atoms with Crippen LogP contribution in [0.3, 0.4) is 0 Å². The first-order chi connectivity index (χ1) is 19.3. The first-order valence-corrected chi connectivity index (χ1v) is 11.9. The van der Waals surface area contributed by atoms with Crippen LogP contribution in [0.15, 0.2) is 70.6 Å². The first-order valence-electron chi connectivity index (χ1n) is 11.9. The van der Waals surface area contributed by atoms with Crippen LogP contribution in [-0.4, -0.2) is 69.0 Å². The number of hydrazone groups is 1. The number of nitrogens with one attached hydrogen (secondary N) is 1. The maximum atomic E-state index is 13.8. The van der Waals surface area contributed by atoms with Crippen LogP contribution in [0.4, 0.5) is 5.69 Å². The maximum absolute atomic E-state index is 13.8. The van der Waals surface area contributed by atoms with Crippen LogP contribution >= 0.6 is 0 Å². The summed E-state index contributed by atoms with van der Waals surface area (Å²) in [5.41, 5.74) is -0.255. The molecular formula is C28H24N2O11. The minimum atomic E-state index is -2.45. The van der Waals surface area contributed by atoms with Crippen LogP contribution in [0.5, 0.6) is 23.0 Å². The van der Waals surface area contributed by atoms with E-state index < -0.39 is 41.5 Å². The number of carbonyl (C=O) groups is 4. The number of ketones is 2. The zero-order valence-electron chi connectivity index (χ0n) is 21.9. The molecule has 5 N–H and O–H groups in total. The summed E-state index contributed by atoms with van der Waals surface area (Å²) in [6, 6.07) is 6.15. The Morgan fingerprint density at radius 1 is 1.10 bits per heavy atom. The molecule has 4 rings (SSSR count). The van der Waals surface area contributed by atoms with Crippen LogP contribution in [0.1, 0.15) is 22.8 Å². The number of ether oxygens (including phenoxy) is 3. The maximum Gasteiger partial charge on any atom is 0.343 e. The third-order valence-electron chi connectivity index (χ3n) is 6.27. The van der Waals surface area contributed by atoms with E-state index in [9.17, 15) is 34.5 Å². The molecule has 13 nitrogen and oxygen atoms in total. The molecule has 0 aromatic heterocycles. The fourth-order valence-electron chi connectivity index (χ4n) is 4.24. The SMILES string of the molecule is COc1cc(O)ccc1N/N=C1/C(=O)[C@@](C)(OC(=O)c2c(C)cc(O)cc2O)C(=O)C2=C1C=C(/C=C/C(=O)O)OC2. The number of benzene rings is 2. The number of hydrogen-bond donors (Lipinski definition) is 5. The largest absolute Gasteiger partial charge is 0.508 e. The molecule has 0 saturated carbocycles. The lowest BCUT2D eigenvalue weighted by Crippen LogP contribution is -2.56. The molecule has 2 aromatic rings. The van der Waals surface area contributed by atoms with E-state index in [1.165, 1.54) is 44.4 Å². The summed E-state index contributed by atoms with van der Waals surface area (Å²) in [6.07, 6.45) is 3.18. The molecule has 2 aliphatic rings. The summed E-state index contributed by atoms with van der Waals surface area (Å²) < 4.78 is 16.1. The third-order valence-corrected chi connectivity index (χ3v) is 6.27. The van der Waals surface area contributed by atoms with Crippen molar-refractivity contribution in [1.82, 2.24) is 0 Å². The van der Waals surface area contributed by atoms with E-state index >= 15 is 0 Å². The van der Waals surface area contributed by atoms with Gasteiger partial charge in [0, 0.05) is 29.4 Å². The van der Waals surface area contributed by atoms with Gasteiger partial charge in [0.05, 0.1) is 12.8 Å². The standard InChI is InChI=1S/C28H24N2O11/c1-13-8-15(32)9-20(33)23(13)27(38)41-28(2)25(36)18-12-40-16(5-7-22(34)35)11-17(18)24(26(28)37)30-29-19-6-4-14(31)10-21(19)39-3/h4-11,29,31-33H,12H2,1-3H3,(H,34,35)/b7-5+,30-24+/t28-/m0/s1. The minimum absolute atomic E-state index is 0.00119. The zero-order valence-corrected chi connectivity index (χ0v) is 21.9. The Hall–Kier alpha value is -5.59. The Morgan fingerprint density at radius 2 is 1.83 bits per heavy atom. The highest BCUT2D eigenvalue weighted by atomic mass is 16.6. The van der Waals surface area contributed by atoms with Gasteiger partial charge in [-0.15, -0.1) is 0 Å². The third kappa shape index (κ3) is 5.45. The Labute approximate surface area is 232 Å². The molecule has 13 heteroatoms. The van der Waals surface area contributed by atoms with E-state index in [-0.39, 0.29) is 56.7 Å². The Morgan fingerprint density at radius 3 is 2.49 bits per heavy atom. The number of aryl methyl sites for hydroxylation is 1. The molecule has 0 fully saturated rings. The monoisotopic (exact) mass is 564 g/mol. The molecule has 0 radical (unpaired) electrons. The average Bonchev–Trinajstić information content (AvgIpc) is 2.90. The molecule has 1 heterocycles. The summed E-state index contributed by atoms with van der Waals surface area (Å²) in [4.78, 5) is 51.6. The predicted molar refractivity (Wildman–Crippen MR) is 142 cm³/mol. The predicted octanol–water partition coefficient (Wildman–Crippen LogP) is 2.51. The van der Waals surface area contributed by atoms with Gasteiger partial charge in [-0.25, -0.2) is 9.59 Å². The van der Waals surface area contributed by atoms with Gasteiger partial charge in [0.25, 0.3) is 0 Å². The lowest BCUT2D eigenvalue weighted by Gasteiger charge is -2.34. The van der Waals surface area contributed by atoms with Gasteiger partial charge in [0.2, 0.25) is 17.2 Å². The lowest BCUT2D eigenvalue weighted by molar-refractivity contribution is -0.144. The van der Waals surface area contributed by atoms with Gasteiger partial charge < -0.3 is 34.6 Å². The lowest BCUT2D eigenvalue weighted by atomic mass is 9.77. The Balaban J connectivity index is 1.82. The number of anilines is 1. The zero-order chi connectivity index (χ0) is 30.1. The van der Waals surface area contributed by atoms with Crippen molar-refractivity contribution in [2.75, 3.05) is 19.1 Å². The fraction of sp³-hybridized carbons (Fsp3) is 0.179. The molecule has 0 unspecified atom stereocenters. The molecule has 1 aliphatic carbocycles. The number of carbonyl (C=O) groups excluding carboxylic acids is 3. The Bertz CT molecular complexity index is 1590. The second kappa shape index (κ2) is 10.9. The number of phenolic OH excluding ortho intramolecular Hbond substituents is 3. The van der Waals surface area contributed by atoms with E-state index in [2.05, 4.69) is 10.5 Å². The number of hydrogen-bond acceptors (Lipinski definition) is 12. The number of methoxy groups -OCH3 is 1. The van der Waals surface area contributed by atoms with Crippen molar-refractivity contribution in [3.05, 3.63) is 76.6 Å². The number of rotatable bonds is 7. The van der Waals surface area contributed by atoms with Crippen LogP contribution in [-0.2, 0) is 23.9 Å². The average molecular weight is 565 g/mol. The molecule has 41 heavy (non-hydrogen) atoms. The molecule has 0 saturated heterocycles. The van der Waals surface area contributed by atoms with Crippen molar-refractivity contribution in [3.8, 4) is 23.0 Å². The van der Waals surface area contributed by atoms with Crippen molar-refractivity contribution in [1.29, 1.82) is 0 Å². The van der Waals surface area contributed by atoms with Gasteiger partial charge >= 0.3 is 11.9 Å². The van der Waals surface area contributed by atoms with Crippen LogP contribution in [0.25, 0.3) is 0 Å². The minimum Gasteiger partial charge on any atom is -0.508 e. The van der Waals surface area contributed by atoms with E-state index in [4.69, 9.17) is 19.3 Å². The topological polar surface area (TPSA) is 201 Å². The smallest absolute Gasteiger partial charge is 0.343 e. The summed E-state index contributed by atoms with van der Waals surface area (Å²) in [5, 5.41) is 42.8. The number of aromatic hydroxyl groups is 3. The number of esters is 1. The number of Topliss-reactive ketones (excluding diaryl/α,β-unsaturated/α-hetero) is 2. The number of phenols is 3. The van der Waals surface area contributed by atoms with Crippen molar-refractivity contribution >= 4 is 34.9 Å². The van der Waals surface area contributed by atoms with Gasteiger partial charge in [-0.2, -0.15) is 5.10 Å². The quantitative estimate of drug-likeness (QED) is 0.108. The van der Waals surface area contributed by atoms with Crippen molar-refractivity contribution in [3.63, 3.8) is 0 Å². The number of carboxylic acids is 1. The molecule has 1 atom stereocenters. The summed E-state index contributed by atoms with van der Waals surface area (Å²) >= 11 is 0. The van der Waals surface area contributed by atoms with Crippen LogP contribution in [0.2, 0.25) is 0 Å². The van der Waals surface area contributed by atoms with Gasteiger partial charge in [0.15, 0.2) is 0 Å². The van der Waals surface area contributed by atoms with Crippen LogP contribution in [0, 0.1) is 6.92 Å². The highest BCUT2D eigenvalue weighted by Crippen LogP contribution is 2.36. The van der Waals surface area contributed by atoms with Gasteiger partial charge in [-0.05, 0) is 49.8 Å². The van der Waals surface area contributed by atoms with E-state index in [1.54, 1.807) is 0 Å². The number of allylic oxidation sites excluding steroid dienone is 3. The van der Waals surface area contributed by atoms with Crippen molar-refractivity contribution in [2.24, 2.45) is 5.10 Å².